The van der Waals surface area contributed by atoms with Gasteiger partial charge in [0.15, 0.2) is 5.60 Å². The number of benzene rings is 1. The van der Waals surface area contributed by atoms with Crippen molar-refractivity contribution < 1.29 is 19.0 Å². The molecule has 2 aliphatic heterocycles. The molecule has 0 fully saturated rings. The average molecular weight is 440 g/mol. The molecule has 0 aliphatic carbocycles. The molecule has 0 radical (unpaired) electrons. The predicted octanol–water partition coefficient (Wildman–Crippen LogP) is 3.92. The van der Waals surface area contributed by atoms with E-state index in [-0.39, 0.29) is 24.9 Å². The maximum Gasteiger partial charge on any atom is 0.343 e. The standard InChI is InChI=1S/C23H22FN3O3S/c1-4-23(29)15-6-18-20-13(8-27(18)21(31)14(15)9-30-22(23)28)19(11(3)25)12-5-10(2)16(24)7-17(12)26-20/h5-7,11,29H,4,8-9,25H2,1-3H3/t11-,23+/m1/s1. The number of hydrogen-bond acceptors (Lipinski definition) is 6. The van der Waals surface area contributed by atoms with Gasteiger partial charge in [-0.15, -0.1) is 0 Å². The number of hydrogen-bond donors (Lipinski definition) is 2. The highest BCUT2D eigenvalue weighted by Gasteiger charge is 2.45. The van der Waals surface area contributed by atoms with Crippen LogP contribution in [0, 0.1) is 17.4 Å². The highest BCUT2D eigenvalue weighted by atomic mass is 32.1. The van der Waals surface area contributed by atoms with Gasteiger partial charge in [-0.3, -0.25) is 0 Å². The molecule has 3 aromatic rings. The van der Waals surface area contributed by atoms with Crippen LogP contribution < -0.4 is 5.73 Å². The molecule has 8 heteroatoms. The number of fused-ring (bicyclic) bond motifs is 5. The number of ether oxygens (including phenoxy) is 1. The fourth-order valence-electron chi connectivity index (χ4n) is 4.76. The van der Waals surface area contributed by atoms with Gasteiger partial charge in [0.05, 0.1) is 23.4 Å². The van der Waals surface area contributed by atoms with Crippen molar-refractivity contribution in [2.45, 2.75) is 52.0 Å². The van der Waals surface area contributed by atoms with Crippen molar-refractivity contribution in [1.29, 1.82) is 0 Å². The molecule has 0 bridgehead atoms. The Morgan fingerprint density at radius 1 is 1.39 bits per heavy atom. The number of nitrogens with two attached hydrogens (primary N) is 1. The number of aryl methyl sites for hydroxylation is 1. The molecule has 31 heavy (non-hydrogen) atoms. The van der Waals surface area contributed by atoms with Gasteiger partial charge >= 0.3 is 5.97 Å². The van der Waals surface area contributed by atoms with Crippen LogP contribution >= 0.6 is 12.2 Å². The normalized spacial score (nSPS) is 20.3. The van der Waals surface area contributed by atoms with Gasteiger partial charge in [-0.05, 0) is 43.5 Å². The van der Waals surface area contributed by atoms with E-state index in [1.807, 2.05) is 11.5 Å². The second-order valence-electron chi connectivity index (χ2n) is 8.36. The molecule has 6 nitrogen and oxygen atoms in total. The number of halogens is 1. The van der Waals surface area contributed by atoms with E-state index in [1.54, 1.807) is 26.0 Å². The monoisotopic (exact) mass is 439 g/mol. The Morgan fingerprint density at radius 3 is 2.81 bits per heavy atom. The summed E-state index contributed by atoms with van der Waals surface area (Å²) in [7, 11) is 0. The predicted molar refractivity (Wildman–Crippen MR) is 116 cm³/mol. The van der Waals surface area contributed by atoms with E-state index in [9.17, 15) is 14.3 Å². The van der Waals surface area contributed by atoms with E-state index in [2.05, 4.69) is 0 Å². The number of carbonyl (C=O) groups is 1. The molecule has 160 valence electrons. The summed E-state index contributed by atoms with van der Waals surface area (Å²) in [5.41, 5.74) is 9.88. The summed E-state index contributed by atoms with van der Waals surface area (Å²) >= 11 is 5.74. The average Bonchev–Trinajstić information content (AvgIpc) is 3.08. The van der Waals surface area contributed by atoms with Crippen LogP contribution in [0.4, 0.5) is 4.39 Å². The molecular formula is C23H22FN3O3S. The molecule has 1 aromatic carbocycles. The summed E-state index contributed by atoms with van der Waals surface area (Å²) in [5.74, 6) is -1.01. The highest BCUT2D eigenvalue weighted by molar-refractivity contribution is 7.71. The number of rotatable bonds is 2. The Morgan fingerprint density at radius 2 is 2.13 bits per heavy atom. The van der Waals surface area contributed by atoms with Crippen molar-refractivity contribution >= 4 is 29.1 Å². The minimum atomic E-state index is -1.76. The summed E-state index contributed by atoms with van der Waals surface area (Å²) in [6, 6.07) is 4.67. The van der Waals surface area contributed by atoms with Gasteiger partial charge in [-0.2, -0.15) is 0 Å². The third kappa shape index (κ3) is 2.65. The van der Waals surface area contributed by atoms with E-state index in [0.29, 0.717) is 44.8 Å². The minimum Gasteiger partial charge on any atom is -0.458 e. The lowest BCUT2D eigenvalue weighted by atomic mass is 9.86. The Hall–Kier alpha value is -2.68. The van der Waals surface area contributed by atoms with Crippen LogP contribution in [0.25, 0.3) is 22.3 Å². The summed E-state index contributed by atoms with van der Waals surface area (Å²) in [6.07, 6.45) is 0.157. The zero-order chi connectivity index (χ0) is 22.2. The second kappa shape index (κ2) is 6.66. The molecule has 0 saturated heterocycles. The molecule has 3 N–H and O–H groups in total. The van der Waals surface area contributed by atoms with Gasteiger partial charge in [-0.25, -0.2) is 14.2 Å². The van der Waals surface area contributed by atoms with E-state index in [1.165, 1.54) is 6.07 Å². The molecule has 5 rings (SSSR count). The van der Waals surface area contributed by atoms with E-state index < -0.39 is 11.6 Å². The first-order chi connectivity index (χ1) is 14.7. The van der Waals surface area contributed by atoms with Crippen LogP contribution in [0.5, 0.6) is 0 Å². The summed E-state index contributed by atoms with van der Waals surface area (Å²) in [4.78, 5) is 17.1. The molecule has 0 amide bonds. The topological polar surface area (TPSA) is 90.4 Å². The van der Waals surface area contributed by atoms with Crippen LogP contribution in [0.15, 0.2) is 18.2 Å². The minimum absolute atomic E-state index is 0.0197. The maximum atomic E-state index is 14.3. The molecule has 2 aromatic heterocycles. The van der Waals surface area contributed by atoms with Crippen molar-refractivity contribution in [3.63, 3.8) is 0 Å². The zero-order valence-corrected chi connectivity index (χ0v) is 18.3. The van der Waals surface area contributed by atoms with Gasteiger partial charge < -0.3 is 20.1 Å². The number of pyridine rings is 2. The first-order valence-corrected chi connectivity index (χ1v) is 10.6. The summed E-state index contributed by atoms with van der Waals surface area (Å²) < 4.78 is 22.0. The van der Waals surface area contributed by atoms with Crippen LogP contribution in [0.3, 0.4) is 0 Å². The number of aromatic nitrogens is 2. The van der Waals surface area contributed by atoms with Gasteiger partial charge in [0, 0.05) is 34.2 Å². The van der Waals surface area contributed by atoms with Crippen LogP contribution in [-0.2, 0) is 28.3 Å². The lowest BCUT2D eigenvalue weighted by Gasteiger charge is -2.32. The first-order valence-electron chi connectivity index (χ1n) is 10.2. The van der Waals surface area contributed by atoms with Crippen LogP contribution in [0.1, 0.15) is 54.1 Å². The van der Waals surface area contributed by atoms with Crippen molar-refractivity contribution in [1.82, 2.24) is 9.55 Å². The van der Waals surface area contributed by atoms with Crippen LogP contribution in [0.2, 0.25) is 0 Å². The van der Waals surface area contributed by atoms with Gasteiger partial charge in [0.2, 0.25) is 0 Å². The van der Waals surface area contributed by atoms with Crippen molar-refractivity contribution in [2.24, 2.45) is 5.73 Å². The third-order valence-corrected chi connectivity index (χ3v) is 6.93. The van der Waals surface area contributed by atoms with Crippen LogP contribution in [-0.4, -0.2) is 20.6 Å². The van der Waals surface area contributed by atoms with Gasteiger partial charge in [0.1, 0.15) is 17.1 Å². The summed E-state index contributed by atoms with van der Waals surface area (Å²) in [6.45, 7) is 5.81. The molecule has 0 unspecified atom stereocenters. The summed E-state index contributed by atoms with van der Waals surface area (Å²) in [5, 5.41) is 11.9. The quantitative estimate of drug-likeness (QED) is 0.364. The van der Waals surface area contributed by atoms with Gasteiger partial charge in [-0.1, -0.05) is 19.1 Å². The van der Waals surface area contributed by atoms with E-state index in [0.717, 1.165) is 16.5 Å². The smallest absolute Gasteiger partial charge is 0.343 e. The number of aliphatic hydroxyl groups is 1. The third-order valence-electron chi connectivity index (χ3n) is 6.47. The molecule has 2 aliphatic rings. The second-order valence-corrected chi connectivity index (χ2v) is 8.75. The molecule has 4 heterocycles. The number of esters is 1. The Balaban J connectivity index is 1.86. The fourth-order valence-corrected chi connectivity index (χ4v) is 5.09. The Labute approximate surface area is 183 Å². The molecule has 0 saturated carbocycles. The van der Waals surface area contributed by atoms with Crippen molar-refractivity contribution in [2.75, 3.05) is 0 Å². The molecular weight excluding hydrogens is 417 g/mol. The Bertz CT molecular complexity index is 1360. The van der Waals surface area contributed by atoms with E-state index in [4.69, 9.17) is 27.7 Å². The first kappa shape index (κ1) is 20.2. The highest BCUT2D eigenvalue weighted by Crippen LogP contribution is 2.43. The largest absolute Gasteiger partial charge is 0.458 e. The van der Waals surface area contributed by atoms with Crippen molar-refractivity contribution in [3.8, 4) is 11.4 Å². The van der Waals surface area contributed by atoms with Crippen molar-refractivity contribution in [3.05, 3.63) is 56.5 Å². The maximum absolute atomic E-state index is 14.3. The lowest BCUT2D eigenvalue weighted by Crippen LogP contribution is -2.41. The SMILES string of the molecule is CC[C@@]1(O)C(=O)OCc2c1cc1n(c2=S)Cc2c-1nc1cc(F)c(C)cc1c2[C@@H](C)N. The fraction of sp³-hybridized carbons (Fsp3) is 0.348. The van der Waals surface area contributed by atoms with Gasteiger partial charge in [0.25, 0.3) is 0 Å². The Kier molecular flexibility index (Phi) is 4.35. The molecule has 2 atom stereocenters. The van der Waals surface area contributed by atoms with E-state index >= 15 is 0 Å². The lowest BCUT2D eigenvalue weighted by molar-refractivity contribution is -0.172. The number of nitrogens with zero attached hydrogens (tertiary/aromatic N) is 2. The number of carbonyl (C=O) groups excluding carboxylic acids is 1. The number of cyclic esters (lactones) is 1. The molecule has 0 spiro atoms. The zero-order valence-electron chi connectivity index (χ0n) is 17.5.